The summed E-state index contributed by atoms with van der Waals surface area (Å²) in [6.45, 7) is 0. The molecule has 0 bridgehead atoms. The number of hydrogen-bond acceptors (Lipinski definition) is 12. The van der Waals surface area contributed by atoms with Crippen molar-refractivity contribution in [3.8, 4) is 5.75 Å². The molecule has 0 saturated carbocycles. The number of phenols is 1. The predicted octanol–water partition coefficient (Wildman–Crippen LogP) is 6.23. The van der Waals surface area contributed by atoms with E-state index in [1.54, 1.807) is 30.3 Å². The Bertz CT molecular complexity index is 2650. The standard InChI is InChI=1S/C30H20N4O11S3/c35-24-11-9-16-5-1-2-6-19(16)28(24)33-32-23-15-18(46(37,38)39)13-17-14-26(48(43,44)45)29(30(36)27(17)23)34-31-22-10-12-25(47(40,41)42)21-8-4-3-7-20(21)22/h1-13,15,35H,14H2,(H,37,38,39)(H,40,41,42)(H,43,44,45). The maximum Gasteiger partial charge on any atom is 0.295 e. The zero-order valence-electron chi connectivity index (χ0n) is 24.0. The number of Topliss-reactive ketones (excluding diaryl/α,β-unsaturated/α-hetero) is 1. The lowest BCUT2D eigenvalue weighted by Crippen LogP contribution is -2.21. The van der Waals surface area contributed by atoms with Gasteiger partial charge in [-0.2, -0.15) is 25.3 Å². The summed E-state index contributed by atoms with van der Waals surface area (Å²) in [7, 11) is -14.8. The minimum absolute atomic E-state index is 0.0397. The highest BCUT2D eigenvalue weighted by Gasteiger charge is 2.36. The molecule has 6 rings (SSSR count). The number of carbonyl (C=O) groups is 1. The van der Waals surface area contributed by atoms with Crippen LogP contribution >= 0.6 is 0 Å². The lowest BCUT2D eigenvalue weighted by atomic mass is 9.92. The molecule has 0 saturated heterocycles. The average Bonchev–Trinajstić information content (AvgIpc) is 3.01. The van der Waals surface area contributed by atoms with Gasteiger partial charge in [0.05, 0.1) is 21.8 Å². The van der Waals surface area contributed by atoms with Crippen LogP contribution in [0.25, 0.3) is 21.5 Å². The number of hydrogen-bond donors (Lipinski definition) is 4. The maximum absolute atomic E-state index is 14.0. The summed E-state index contributed by atoms with van der Waals surface area (Å²) in [6, 6.07) is 19.4. The van der Waals surface area contributed by atoms with E-state index in [9.17, 15) is 48.8 Å². The lowest BCUT2D eigenvalue weighted by Gasteiger charge is -2.19. The molecule has 0 amide bonds. The molecule has 0 atom stereocenters. The van der Waals surface area contributed by atoms with E-state index in [1.165, 1.54) is 30.3 Å². The number of ketones is 1. The first-order valence-electron chi connectivity index (χ1n) is 13.5. The summed E-state index contributed by atoms with van der Waals surface area (Å²) < 4.78 is 103. The van der Waals surface area contributed by atoms with Crippen LogP contribution in [0.5, 0.6) is 5.75 Å². The third-order valence-electron chi connectivity index (χ3n) is 7.37. The molecule has 244 valence electrons. The van der Waals surface area contributed by atoms with Gasteiger partial charge in [-0.1, -0.05) is 54.6 Å². The molecule has 0 spiro atoms. The normalized spacial score (nSPS) is 14.4. The molecule has 0 fully saturated rings. The Morgan fingerprint density at radius 2 is 1.25 bits per heavy atom. The summed E-state index contributed by atoms with van der Waals surface area (Å²) in [4.78, 5) is 11.8. The molecule has 0 heterocycles. The van der Waals surface area contributed by atoms with Gasteiger partial charge in [-0.15, -0.1) is 20.5 Å². The van der Waals surface area contributed by atoms with Crippen molar-refractivity contribution >= 4 is 74.7 Å². The SMILES string of the molecule is O=C1C(N=Nc2ccc(S(=O)(=O)O)c3ccccc23)=C(S(=O)(=O)O)Cc2cc(S(=O)(=O)O)cc(N=Nc3c(O)ccc4ccccc34)c21. The molecule has 4 N–H and O–H groups in total. The second-order valence-electron chi connectivity index (χ2n) is 10.4. The molecule has 5 aromatic rings. The van der Waals surface area contributed by atoms with Gasteiger partial charge in [-0.25, -0.2) is 0 Å². The van der Waals surface area contributed by atoms with Crippen LogP contribution < -0.4 is 0 Å². The number of benzene rings is 5. The summed E-state index contributed by atoms with van der Waals surface area (Å²) in [5.41, 5.74) is -2.09. The van der Waals surface area contributed by atoms with E-state index in [2.05, 4.69) is 20.5 Å². The molecule has 15 nitrogen and oxygen atoms in total. The van der Waals surface area contributed by atoms with Gasteiger partial charge in [-0.05, 0) is 41.3 Å². The van der Waals surface area contributed by atoms with E-state index in [0.29, 0.717) is 10.8 Å². The Kier molecular flexibility index (Phi) is 8.02. The quantitative estimate of drug-likeness (QED) is 0.109. The van der Waals surface area contributed by atoms with E-state index in [-0.39, 0.29) is 39.0 Å². The average molecular weight is 709 g/mol. The molecule has 0 unspecified atom stereocenters. The van der Waals surface area contributed by atoms with Crippen molar-refractivity contribution in [3.05, 3.63) is 107 Å². The molecule has 5 aromatic carbocycles. The molecule has 0 aromatic heterocycles. The highest BCUT2D eigenvalue weighted by atomic mass is 32.2. The van der Waals surface area contributed by atoms with Crippen LogP contribution in [-0.4, -0.2) is 49.8 Å². The van der Waals surface area contributed by atoms with Crippen LogP contribution in [0.4, 0.5) is 17.1 Å². The number of azo groups is 2. The van der Waals surface area contributed by atoms with Gasteiger partial charge >= 0.3 is 0 Å². The van der Waals surface area contributed by atoms with Crippen molar-refractivity contribution in [2.45, 2.75) is 16.2 Å². The van der Waals surface area contributed by atoms with Crippen molar-refractivity contribution in [1.82, 2.24) is 0 Å². The fraction of sp³-hybridized carbons (Fsp3) is 0.0333. The van der Waals surface area contributed by atoms with E-state index in [4.69, 9.17) is 0 Å². The summed E-state index contributed by atoms with van der Waals surface area (Å²) >= 11 is 0. The molecular weight excluding hydrogens is 689 g/mol. The lowest BCUT2D eigenvalue weighted by molar-refractivity contribution is 0.102. The largest absolute Gasteiger partial charge is 0.506 e. The van der Waals surface area contributed by atoms with Crippen LogP contribution in [0, 0.1) is 0 Å². The highest BCUT2D eigenvalue weighted by molar-refractivity contribution is 7.89. The van der Waals surface area contributed by atoms with Gasteiger partial charge in [-0.3, -0.25) is 18.5 Å². The Morgan fingerprint density at radius 1 is 0.604 bits per heavy atom. The first-order valence-corrected chi connectivity index (χ1v) is 17.8. The van der Waals surface area contributed by atoms with Gasteiger partial charge in [0, 0.05) is 22.6 Å². The molecule has 1 aliphatic carbocycles. The molecule has 18 heteroatoms. The van der Waals surface area contributed by atoms with E-state index >= 15 is 0 Å². The van der Waals surface area contributed by atoms with Gasteiger partial charge in [0.15, 0.2) is 5.70 Å². The van der Waals surface area contributed by atoms with Crippen molar-refractivity contribution in [3.63, 3.8) is 0 Å². The van der Waals surface area contributed by atoms with E-state index < -0.39 is 68.6 Å². The Balaban J connectivity index is 1.54. The van der Waals surface area contributed by atoms with Gasteiger partial charge in [0.2, 0.25) is 5.78 Å². The first-order chi connectivity index (χ1) is 22.5. The van der Waals surface area contributed by atoms with Crippen molar-refractivity contribution in [1.29, 1.82) is 0 Å². The molecule has 0 aliphatic heterocycles. The van der Waals surface area contributed by atoms with E-state index in [1.807, 2.05) is 0 Å². The van der Waals surface area contributed by atoms with Gasteiger partial charge < -0.3 is 5.11 Å². The minimum atomic E-state index is -5.18. The smallest absolute Gasteiger partial charge is 0.295 e. The second-order valence-corrected chi connectivity index (χ2v) is 14.6. The first kappa shape index (κ1) is 32.7. The zero-order valence-corrected chi connectivity index (χ0v) is 26.4. The molecular formula is C30H20N4O11S3. The summed E-state index contributed by atoms with van der Waals surface area (Å²) in [5, 5.41) is 27.7. The predicted molar refractivity (Wildman–Crippen MR) is 171 cm³/mol. The number of carbonyl (C=O) groups excluding carboxylic acids is 1. The third kappa shape index (κ3) is 6.10. The van der Waals surface area contributed by atoms with Gasteiger partial charge in [0.25, 0.3) is 30.4 Å². The number of rotatable bonds is 7. The van der Waals surface area contributed by atoms with Crippen molar-refractivity contribution < 1.29 is 48.8 Å². The third-order valence-corrected chi connectivity index (χ3v) is 10.1. The topological polar surface area (TPSA) is 250 Å². The van der Waals surface area contributed by atoms with Crippen molar-refractivity contribution in [2.75, 3.05) is 0 Å². The minimum Gasteiger partial charge on any atom is -0.506 e. The number of aromatic hydroxyl groups is 1. The number of phenolic OH excluding ortho intramolecular Hbond substituents is 1. The maximum atomic E-state index is 14.0. The Labute approximate surface area is 271 Å². The monoisotopic (exact) mass is 708 g/mol. The van der Waals surface area contributed by atoms with Crippen LogP contribution in [0.1, 0.15) is 15.9 Å². The van der Waals surface area contributed by atoms with Gasteiger partial charge in [0.1, 0.15) is 21.2 Å². The fourth-order valence-electron chi connectivity index (χ4n) is 5.23. The van der Waals surface area contributed by atoms with Crippen molar-refractivity contribution in [2.24, 2.45) is 20.5 Å². The number of nitrogens with zero attached hydrogens (tertiary/aromatic N) is 4. The molecule has 48 heavy (non-hydrogen) atoms. The van der Waals surface area contributed by atoms with E-state index in [0.717, 1.165) is 24.3 Å². The zero-order chi connectivity index (χ0) is 34.6. The Morgan fingerprint density at radius 3 is 1.92 bits per heavy atom. The van der Waals surface area contributed by atoms with Crippen LogP contribution in [0.3, 0.4) is 0 Å². The van der Waals surface area contributed by atoms with Crippen LogP contribution in [0.15, 0.2) is 126 Å². The number of allylic oxidation sites excluding steroid dienone is 2. The molecule has 1 aliphatic rings. The fourth-order valence-corrected chi connectivity index (χ4v) is 7.19. The summed E-state index contributed by atoms with van der Waals surface area (Å²) in [6.07, 6.45) is -0.790. The van der Waals surface area contributed by atoms with Crippen LogP contribution in [0.2, 0.25) is 0 Å². The molecule has 0 radical (unpaired) electrons. The second kappa shape index (κ2) is 11.8. The van der Waals surface area contributed by atoms with Crippen LogP contribution in [-0.2, 0) is 36.8 Å². The summed E-state index contributed by atoms with van der Waals surface area (Å²) in [5.74, 6) is -1.48. The number of fused-ring (bicyclic) bond motifs is 3. The highest BCUT2D eigenvalue weighted by Crippen LogP contribution is 2.41. The Hall–Kier alpha value is -5.24.